The highest BCUT2D eigenvalue weighted by Crippen LogP contribution is 2.31. The molecule has 1 atom stereocenters. The number of benzene rings is 2. The Morgan fingerprint density at radius 2 is 1.97 bits per heavy atom. The Morgan fingerprint density at radius 1 is 1.20 bits per heavy atom. The number of carbonyl (C=O) groups is 1. The Balaban J connectivity index is 1.55. The number of sulfonamides is 1. The molecule has 1 aromatic heterocycles. The summed E-state index contributed by atoms with van der Waals surface area (Å²) in [4.78, 5) is 15.5. The summed E-state index contributed by atoms with van der Waals surface area (Å²) in [5.41, 5.74) is 0.502. The van der Waals surface area contributed by atoms with Crippen LogP contribution in [0.4, 0.5) is 4.39 Å². The summed E-state index contributed by atoms with van der Waals surface area (Å²) < 4.78 is 45.8. The van der Waals surface area contributed by atoms with Crippen LogP contribution in [0.25, 0.3) is 11.4 Å². The number of hydrogen-bond donors (Lipinski definition) is 1. The fourth-order valence-electron chi connectivity index (χ4n) is 3.42. The molecule has 1 N–H and O–H groups in total. The number of nitrogens with zero attached hydrogens (tertiary/aromatic N) is 3. The van der Waals surface area contributed by atoms with Crippen molar-refractivity contribution < 1.29 is 27.2 Å². The molecule has 1 aliphatic heterocycles. The molecule has 1 unspecified atom stereocenters. The van der Waals surface area contributed by atoms with Crippen molar-refractivity contribution in [3.63, 3.8) is 0 Å². The summed E-state index contributed by atoms with van der Waals surface area (Å²) in [6, 6.07) is 11.0. The summed E-state index contributed by atoms with van der Waals surface area (Å²) in [6.07, 6.45) is 1.27. The van der Waals surface area contributed by atoms with Crippen LogP contribution in [0.2, 0.25) is 0 Å². The molecular formula is C20H18FN3O5S. The van der Waals surface area contributed by atoms with Gasteiger partial charge in [0.25, 0.3) is 0 Å². The van der Waals surface area contributed by atoms with Gasteiger partial charge in [0.1, 0.15) is 5.82 Å². The van der Waals surface area contributed by atoms with E-state index in [9.17, 15) is 17.6 Å². The average Bonchev–Trinajstić information content (AvgIpc) is 3.25. The van der Waals surface area contributed by atoms with Crippen LogP contribution < -0.4 is 0 Å². The minimum absolute atomic E-state index is 0.0689. The van der Waals surface area contributed by atoms with Gasteiger partial charge in [0.2, 0.25) is 21.7 Å². The van der Waals surface area contributed by atoms with E-state index in [1.807, 2.05) is 0 Å². The minimum atomic E-state index is -3.87. The Hall–Kier alpha value is -3.11. The highest BCUT2D eigenvalue weighted by atomic mass is 32.2. The van der Waals surface area contributed by atoms with Crippen molar-refractivity contribution in [3.05, 3.63) is 65.8 Å². The SMILES string of the molecule is O=C(O)c1cccc(S(=O)(=O)N2CCCC(c3nc(-c4ccc(F)cc4)no3)C2)c1. The zero-order valence-corrected chi connectivity index (χ0v) is 16.5. The van der Waals surface area contributed by atoms with E-state index in [1.165, 1.54) is 46.8 Å². The topological polar surface area (TPSA) is 114 Å². The van der Waals surface area contributed by atoms with Gasteiger partial charge in [-0.25, -0.2) is 17.6 Å². The smallest absolute Gasteiger partial charge is 0.335 e. The van der Waals surface area contributed by atoms with E-state index in [4.69, 9.17) is 9.63 Å². The Kier molecular flexibility index (Phi) is 5.35. The fourth-order valence-corrected chi connectivity index (χ4v) is 4.99. The normalized spacial score (nSPS) is 17.7. The zero-order valence-electron chi connectivity index (χ0n) is 15.7. The molecule has 0 amide bonds. The molecule has 0 bridgehead atoms. The van der Waals surface area contributed by atoms with Crippen molar-refractivity contribution in [2.24, 2.45) is 0 Å². The first-order valence-corrected chi connectivity index (χ1v) is 10.7. The van der Waals surface area contributed by atoms with Crippen LogP contribution in [0.1, 0.15) is 35.0 Å². The Bertz CT molecular complexity index is 1180. The van der Waals surface area contributed by atoms with Gasteiger partial charge in [0.15, 0.2) is 0 Å². The molecule has 0 aliphatic carbocycles. The fraction of sp³-hybridized carbons (Fsp3) is 0.250. The lowest BCUT2D eigenvalue weighted by atomic mass is 10.00. The second-order valence-corrected chi connectivity index (χ2v) is 8.94. The number of carboxylic acid groups (broad SMARTS) is 1. The molecule has 1 fully saturated rings. The third kappa shape index (κ3) is 3.96. The maximum absolute atomic E-state index is 13.1. The first-order valence-electron chi connectivity index (χ1n) is 9.27. The lowest BCUT2D eigenvalue weighted by Gasteiger charge is -2.30. The molecule has 0 spiro atoms. The summed E-state index contributed by atoms with van der Waals surface area (Å²) in [7, 11) is -3.87. The molecule has 4 rings (SSSR count). The summed E-state index contributed by atoms with van der Waals surface area (Å²) in [6.45, 7) is 0.458. The molecular weight excluding hydrogens is 413 g/mol. The van der Waals surface area contributed by atoms with Gasteiger partial charge >= 0.3 is 5.97 Å². The molecule has 1 saturated heterocycles. The number of piperidine rings is 1. The lowest BCUT2D eigenvalue weighted by Crippen LogP contribution is -2.39. The predicted molar refractivity (Wildman–Crippen MR) is 104 cm³/mol. The lowest BCUT2D eigenvalue weighted by molar-refractivity contribution is 0.0696. The molecule has 8 nitrogen and oxygen atoms in total. The van der Waals surface area contributed by atoms with Crippen LogP contribution in [-0.2, 0) is 10.0 Å². The van der Waals surface area contributed by atoms with Crippen LogP contribution in [0.3, 0.4) is 0 Å². The third-order valence-corrected chi connectivity index (χ3v) is 6.86. The third-order valence-electron chi connectivity index (χ3n) is 5.00. The summed E-state index contributed by atoms with van der Waals surface area (Å²) >= 11 is 0. The Morgan fingerprint density at radius 3 is 2.70 bits per heavy atom. The van der Waals surface area contributed by atoms with E-state index in [2.05, 4.69) is 10.1 Å². The first kappa shape index (κ1) is 20.2. The van der Waals surface area contributed by atoms with Crippen LogP contribution in [0, 0.1) is 5.82 Å². The zero-order chi connectivity index (χ0) is 21.3. The number of hydrogen-bond acceptors (Lipinski definition) is 6. The molecule has 0 radical (unpaired) electrons. The van der Waals surface area contributed by atoms with E-state index in [-0.39, 0.29) is 28.7 Å². The van der Waals surface area contributed by atoms with E-state index in [0.29, 0.717) is 36.7 Å². The van der Waals surface area contributed by atoms with E-state index >= 15 is 0 Å². The van der Waals surface area contributed by atoms with Gasteiger partial charge in [0.05, 0.1) is 16.4 Å². The van der Waals surface area contributed by atoms with Crippen molar-refractivity contribution in [2.75, 3.05) is 13.1 Å². The van der Waals surface area contributed by atoms with Crippen molar-refractivity contribution in [1.29, 1.82) is 0 Å². The maximum atomic E-state index is 13.1. The van der Waals surface area contributed by atoms with Gasteiger partial charge in [-0.3, -0.25) is 0 Å². The van der Waals surface area contributed by atoms with Crippen molar-refractivity contribution in [1.82, 2.24) is 14.4 Å². The van der Waals surface area contributed by atoms with Crippen molar-refractivity contribution in [2.45, 2.75) is 23.7 Å². The highest BCUT2D eigenvalue weighted by molar-refractivity contribution is 7.89. The number of halogens is 1. The summed E-state index contributed by atoms with van der Waals surface area (Å²) in [5, 5.41) is 13.1. The molecule has 2 heterocycles. The van der Waals surface area contributed by atoms with Crippen molar-refractivity contribution in [3.8, 4) is 11.4 Å². The molecule has 30 heavy (non-hydrogen) atoms. The average molecular weight is 431 g/mol. The molecule has 156 valence electrons. The number of rotatable bonds is 5. The monoisotopic (exact) mass is 431 g/mol. The molecule has 10 heteroatoms. The van der Waals surface area contributed by atoms with Gasteiger partial charge in [-0.15, -0.1) is 0 Å². The van der Waals surface area contributed by atoms with Gasteiger partial charge in [-0.1, -0.05) is 11.2 Å². The van der Waals surface area contributed by atoms with Crippen LogP contribution in [0.5, 0.6) is 0 Å². The molecule has 3 aromatic rings. The Labute approximate surface area is 172 Å². The molecule has 0 saturated carbocycles. The van der Waals surface area contributed by atoms with Crippen LogP contribution >= 0.6 is 0 Å². The maximum Gasteiger partial charge on any atom is 0.335 e. The number of aromatic nitrogens is 2. The predicted octanol–water partition coefficient (Wildman–Crippen LogP) is 3.14. The van der Waals surface area contributed by atoms with Crippen LogP contribution in [0.15, 0.2) is 57.9 Å². The number of carboxylic acids is 1. The first-order chi connectivity index (χ1) is 14.3. The van der Waals surface area contributed by atoms with E-state index < -0.39 is 16.0 Å². The van der Waals surface area contributed by atoms with Crippen LogP contribution in [-0.4, -0.2) is 47.0 Å². The quantitative estimate of drug-likeness (QED) is 0.660. The van der Waals surface area contributed by atoms with Gasteiger partial charge < -0.3 is 9.63 Å². The van der Waals surface area contributed by atoms with Crippen molar-refractivity contribution >= 4 is 16.0 Å². The minimum Gasteiger partial charge on any atom is -0.478 e. The number of aromatic carboxylic acids is 1. The van der Waals surface area contributed by atoms with Gasteiger partial charge in [-0.2, -0.15) is 9.29 Å². The second-order valence-electron chi connectivity index (χ2n) is 7.00. The van der Waals surface area contributed by atoms with Gasteiger partial charge in [-0.05, 0) is 55.3 Å². The second kappa shape index (κ2) is 7.96. The van der Waals surface area contributed by atoms with E-state index in [1.54, 1.807) is 0 Å². The molecule has 2 aromatic carbocycles. The van der Waals surface area contributed by atoms with Gasteiger partial charge in [0, 0.05) is 18.7 Å². The summed E-state index contributed by atoms with van der Waals surface area (Å²) in [5.74, 6) is -1.24. The molecule has 1 aliphatic rings. The van der Waals surface area contributed by atoms with E-state index in [0.717, 1.165) is 6.07 Å². The standard InChI is InChI=1S/C20H18FN3O5S/c21-16-8-6-13(7-9-16)18-22-19(29-23-18)15-4-2-10-24(12-15)30(27,28)17-5-1-3-14(11-17)20(25)26/h1,3,5-9,11,15H,2,4,10,12H2,(H,25,26). The largest absolute Gasteiger partial charge is 0.478 e. The highest BCUT2D eigenvalue weighted by Gasteiger charge is 2.33.